The van der Waals surface area contributed by atoms with Crippen molar-refractivity contribution in [3.05, 3.63) is 83.2 Å². The monoisotopic (exact) mass is 454 g/mol. The highest BCUT2D eigenvalue weighted by atomic mass is 19.1. The van der Waals surface area contributed by atoms with Gasteiger partial charge in [0.25, 0.3) is 0 Å². The van der Waals surface area contributed by atoms with Crippen LogP contribution in [-0.4, -0.2) is 19.1 Å². The number of hydrogen-bond donors (Lipinski definition) is 2. The number of nitrogens with two attached hydrogens (primary N) is 2. The van der Waals surface area contributed by atoms with Gasteiger partial charge in [-0.25, -0.2) is 13.8 Å². The summed E-state index contributed by atoms with van der Waals surface area (Å²) >= 11 is 0. The zero-order valence-electron chi connectivity index (χ0n) is 19.8. The molecule has 5 nitrogen and oxygen atoms in total. The van der Waals surface area contributed by atoms with Gasteiger partial charge in [0.1, 0.15) is 22.8 Å². The Morgan fingerprint density at radius 2 is 1.48 bits per heavy atom. The molecule has 0 amide bonds. The van der Waals surface area contributed by atoms with Crippen molar-refractivity contribution in [1.82, 2.24) is 4.98 Å². The Morgan fingerprint density at radius 3 is 2.00 bits per heavy atom. The van der Waals surface area contributed by atoms with E-state index in [1.165, 1.54) is 23.4 Å². The van der Waals surface area contributed by atoms with E-state index >= 15 is 0 Å². The summed E-state index contributed by atoms with van der Waals surface area (Å²) in [5.41, 5.74) is 15.8. The van der Waals surface area contributed by atoms with E-state index in [1.807, 2.05) is 75.3 Å². The predicted octanol–water partition coefficient (Wildman–Crippen LogP) is 6.14. The molecule has 4 aromatic rings. The van der Waals surface area contributed by atoms with Gasteiger partial charge in [-0.05, 0) is 73.0 Å². The SMILES string of the molecule is CCc1cc(F)c(N)c(F)c1.CCc1nc2cc(C)ccc2o1.CN(C)c1ccc(N)cc1. The Balaban J connectivity index is 0.000000176. The molecule has 0 atom stereocenters. The van der Waals surface area contributed by atoms with Crippen molar-refractivity contribution in [1.29, 1.82) is 0 Å². The normalized spacial score (nSPS) is 10.2. The summed E-state index contributed by atoms with van der Waals surface area (Å²) in [6.07, 6.45) is 1.46. The molecule has 1 heterocycles. The molecular formula is C26H32F2N4O. The first-order chi connectivity index (χ1) is 15.6. The summed E-state index contributed by atoms with van der Waals surface area (Å²) in [6.45, 7) is 5.92. The second kappa shape index (κ2) is 11.9. The second-order valence-electron chi connectivity index (χ2n) is 7.74. The van der Waals surface area contributed by atoms with Gasteiger partial charge in [0.2, 0.25) is 0 Å². The van der Waals surface area contributed by atoms with Crippen LogP contribution in [0.1, 0.15) is 30.9 Å². The van der Waals surface area contributed by atoms with Crippen LogP contribution < -0.4 is 16.4 Å². The first-order valence-corrected chi connectivity index (χ1v) is 10.8. The van der Waals surface area contributed by atoms with Crippen LogP contribution in [0.3, 0.4) is 0 Å². The highest BCUT2D eigenvalue weighted by Crippen LogP contribution is 2.18. The molecule has 4 rings (SSSR count). The molecule has 0 aliphatic heterocycles. The minimum atomic E-state index is -0.679. The maximum absolute atomic E-state index is 12.7. The Morgan fingerprint density at radius 1 is 0.879 bits per heavy atom. The van der Waals surface area contributed by atoms with Crippen LogP contribution >= 0.6 is 0 Å². The third kappa shape index (κ3) is 7.49. The molecule has 176 valence electrons. The average Bonchev–Trinajstić information content (AvgIpc) is 3.20. The van der Waals surface area contributed by atoms with Gasteiger partial charge in [-0.3, -0.25) is 0 Å². The van der Waals surface area contributed by atoms with Gasteiger partial charge in [-0.15, -0.1) is 0 Å². The van der Waals surface area contributed by atoms with Crippen molar-refractivity contribution in [2.45, 2.75) is 33.6 Å². The molecule has 0 saturated heterocycles. The van der Waals surface area contributed by atoms with Crippen LogP contribution in [-0.2, 0) is 12.8 Å². The van der Waals surface area contributed by atoms with E-state index < -0.39 is 17.3 Å². The van der Waals surface area contributed by atoms with Crippen LogP contribution in [0.2, 0.25) is 0 Å². The Kier molecular flexibility index (Phi) is 9.21. The molecule has 33 heavy (non-hydrogen) atoms. The zero-order valence-corrected chi connectivity index (χ0v) is 19.8. The predicted molar refractivity (Wildman–Crippen MR) is 133 cm³/mol. The van der Waals surface area contributed by atoms with Crippen molar-refractivity contribution >= 4 is 28.2 Å². The van der Waals surface area contributed by atoms with Crippen LogP contribution in [0.25, 0.3) is 11.1 Å². The fraction of sp³-hybridized carbons (Fsp3) is 0.269. The minimum Gasteiger partial charge on any atom is -0.441 e. The lowest BCUT2D eigenvalue weighted by Crippen LogP contribution is -2.08. The lowest BCUT2D eigenvalue weighted by Gasteiger charge is -2.11. The number of nitrogen functional groups attached to an aromatic ring is 2. The van der Waals surface area contributed by atoms with Crippen LogP contribution in [0, 0.1) is 18.6 Å². The number of aromatic nitrogens is 1. The number of nitrogens with zero attached hydrogens (tertiary/aromatic N) is 2. The molecule has 0 unspecified atom stereocenters. The van der Waals surface area contributed by atoms with Gasteiger partial charge in [-0.1, -0.05) is 19.9 Å². The maximum atomic E-state index is 12.7. The summed E-state index contributed by atoms with van der Waals surface area (Å²) in [6, 6.07) is 16.3. The molecule has 0 radical (unpaired) electrons. The van der Waals surface area contributed by atoms with E-state index in [1.54, 1.807) is 0 Å². The number of oxazole rings is 1. The largest absolute Gasteiger partial charge is 0.441 e. The van der Waals surface area contributed by atoms with Gasteiger partial charge >= 0.3 is 0 Å². The van der Waals surface area contributed by atoms with Crippen molar-refractivity contribution in [3.63, 3.8) is 0 Å². The number of aryl methyl sites for hydroxylation is 3. The van der Waals surface area contributed by atoms with Crippen molar-refractivity contribution in [2.24, 2.45) is 0 Å². The number of anilines is 3. The van der Waals surface area contributed by atoms with E-state index in [2.05, 4.69) is 11.9 Å². The molecule has 1 aromatic heterocycles. The van der Waals surface area contributed by atoms with Crippen LogP contribution in [0.4, 0.5) is 25.8 Å². The molecular weight excluding hydrogens is 422 g/mol. The molecule has 0 aliphatic rings. The molecule has 4 N–H and O–H groups in total. The number of halogens is 2. The summed E-state index contributed by atoms with van der Waals surface area (Å²) in [5.74, 6) is -0.542. The van der Waals surface area contributed by atoms with Crippen molar-refractivity contribution < 1.29 is 13.2 Å². The molecule has 0 fully saturated rings. The topological polar surface area (TPSA) is 81.3 Å². The van der Waals surface area contributed by atoms with Gasteiger partial charge in [0.15, 0.2) is 11.5 Å². The van der Waals surface area contributed by atoms with E-state index in [0.29, 0.717) is 12.0 Å². The minimum absolute atomic E-state index is 0.401. The molecule has 0 saturated carbocycles. The highest BCUT2D eigenvalue weighted by Gasteiger charge is 2.05. The van der Waals surface area contributed by atoms with Crippen molar-refractivity contribution in [2.75, 3.05) is 30.5 Å². The molecule has 7 heteroatoms. The molecule has 3 aromatic carbocycles. The lowest BCUT2D eigenvalue weighted by atomic mass is 10.1. The average molecular weight is 455 g/mol. The zero-order chi connectivity index (χ0) is 24.5. The van der Waals surface area contributed by atoms with Gasteiger partial charge < -0.3 is 20.8 Å². The fourth-order valence-corrected chi connectivity index (χ4v) is 2.85. The standard InChI is InChI=1S/C10H11NO.C8H9F2N.C8H12N2/c1-3-10-11-8-6-7(2)4-5-9(8)12-10;1-2-5-3-6(9)8(11)7(10)4-5;1-10(2)8-5-3-7(9)4-6-8/h4-6H,3H2,1-2H3;3-4H,2,11H2,1H3;3-6H,9H2,1-2H3. The number of rotatable bonds is 3. The third-order valence-corrected chi connectivity index (χ3v) is 4.85. The Bertz CT molecular complexity index is 1150. The number of benzene rings is 3. The summed E-state index contributed by atoms with van der Waals surface area (Å²) in [4.78, 5) is 6.37. The first kappa shape index (κ1) is 25.6. The fourth-order valence-electron chi connectivity index (χ4n) is 2.85. The lowest BCUT2D eigenvalue weighted by molar-refractivity contribution is 0.538. The summed E-state index contributed by atoms with van der Waals surface area (Å²) < 4.78 is 30.8. The Labute approximate surface area is 194 Å². The molecule has 0 bridgehead atoms. The Hall–Kier alpha value is -3.61. The number of hydrogen-bond acceptors (Lipinski definition) is 5. The van der Waals surface area contributed by atoms with E-state index in [9.17, 15) is 8.78 Å². The number of fused-ring (bicyclic) bond motifs is 1. The maximum Gasteiger partial charge on any atom is 0.195 e. The van der Waals surface area contributed by atoms with Crippen LogP contribution in [0.5, 0.6) is 0 Å². The molecule has 0 aliphatic carbocycles. The summed E-state index contributed by atoms with van der Waals surface area (Å²) in [5, 5.41) is 0. The summed E-state index contributed by atoms with van der Waals surface area (Å²) in [7, 11) is 4.01. The van der Waals surface area contributed by atoms with E-state index in [4.69, 9.17) is 15.9 Å². The van der Waals surface area contributed by atoms with Crippen LogP contribution in [0.15, 0.2) is 59.0 Å². The van der Waals surface area contributed by atoms with Gasteiger partial charge in [0, 0.05) is 31.9 Å². The van der Waals surface area contributed by atoms with Gasteiger partial charge in [-0.2, -0.15) is 0 Å². The molecule has 0 spiro atoms. The highest BCUT2D eigenvalue weighted by molar-refractivity contribution is 5.73. The smallest absolute Gasteiger partial charge is 0.195 e. The third-order valence-electron chi connectivity index (χ3n) is 4.85. The second-order valence-corrected chi connectivity index (χ2v) is 7.74. The quantitative estimate of drug-likeness (QED) is 0.363. The van der Waals surface area contributed by atoms with Gasteiger partial charge in [0.05, 0.1) is 0 Å². The van der Waals surface area contributed by atoms with Crippen molar-refractivity contribution in [3.8, 4) is 0 Å². The van der Waals surface area contributed by atoms with E-state index in [-0.39, 0.29) is 0 Å². The first-order valence-electron chi connectivity index (χ1n) is 10.8. The van der Waals surface area contributed by atoms with E-state index in [0.717, 1.165) is 29.1 Å².